The van der Waals surface area contributed by atoms with Crippen LogP contribution in [0.5, 0.6) is 0 Å². The molecule has 25 heavy (non-hydrogen) atoms. The molecule has 5 heteroatoms. The van der Waals surface area contributed by atoms with E-state index in [9.17, 15) is 9.59 Å². The zero-order valence-electron chi connectivity index (χ0n) is 14.7. The third-order valence-electron chi connectivity index (χ3n) is 4.55. The quantitative estimate of drug-likeness (QED) is 0.913. The van der Waals surface area contributed by atoms with Crippen LogP contribution in [0, 0.1) is 0 Å². The Bertz CT molecular complexity index is 788. The lowest BCUT2D eigenvalue weighted by Gasteiger charge is -2.22. The van der Waals surface area contributed by atoms with Crippen LogP contribution in [-0.2, 0) is 22.6 Å². The molecule has 0 bridgehead atoms. The minimum Gasteiger partial charge on any atom is -0.367 e. The monoisotopic (exact) mass is 337 g/mol. The number of hydrogen-bond donors (Lipinski definition) is 1. The molecule has 1 heterocycles. The summed E-state index contributed by atoms with van der Waals surface area (Å²) in [5.41, 5.74) is 4.50. The maximum atomic E-state index is 12.2. The third kappa shape index (κ3) is 3.99. The first-order valence-electron chi connectivity index (χ1n) is 8.47. The van der Waals surface area contributed by atoms with Crippen molar-refractivity contribution in [2.24, 2.45) is 0 Å². The van der Waals surface area contributed by atoms with E-state index in [2.05, 4.69) is 34.5 Å². The number of carbonyl (C=O) groups is 2. The molecule has 130 valence electrons. The summed E-state index contributed by atoms with van der Waals surface area (Å²) in [6, 6.07) is 16.3. The number of anilines is 2. The number of carbonyl (C=O) groups excluding carboxylic acids is 2. The Morgan fingerprint density at radius 2 is 1.84 bits per heavy atom. The van der Waals surface area contributed by atoms with Crippen molar-refractivity contribution < 1.29 is 9.59 Å². The van der Waals surface area contributed by atoms with Gasteiger partial charge in [0.05, 0.1) is 6.54 Å². The highest BCUT2D eigenvalue weighted by atomic mass is 16.2. The van der Waals surface area contributed by atoms with Crippen molar-refractivity contribution in [2.45, 2.75) is 19.9 Å². The Hall–Kier alpha value is -2.82. The highest BCUT2D eigenvalue weighted by molar-refractivity contribution is 5.94. The van der Waals surface area contributed by atoms with Gasteiger partial charge in [0.25, 0.3) is 0 Å². The molecule has 0 aromatic heterocycles. The minimum atomic E-state index is -0.188. The number of nitrogens with one attached hydrogen (secondary N) is 1. The number of likely N-dealkylation sites (N-methyl/N-ethyl adjacent to an activating group) is 1. The lowest BCUT2D eigenvalue weighted by molar-refractivity contribution is -0.131. The molecule has 0 atom stereocenters. The molecule has 1 aliphatic heterocycles. The Morgan fingerprint density at radius 3 is 2.64 bits per heavy atom. The summed E-state index contributed by atoms with van der Waals surface area (Å²) in [4.78, 5) is 27.2. The van der Waals surface area contributed by atoms with Crippen molar-refractivity contribution in [3.63, 3.8) is 0 Å². The molecule has 0 unspecified atom stereocenters. The summed E-state index contributed by atoms with van der Waals surface area (Å²) in [5.74, 6) is -0.316. The third-order valence-corrected chi connectivity index (χ3v) is 4.55. The summed E-state index contributed by atoms with van der Waals surface area (Å²) in [5, 5.41) is 2.93. The molecule has 0 fully saturated rings. The van der Waals surface area contributed by atoms with E-state index in [0.29, 0.717) is 0 Å². The number of amides is 2. The van der Waals surface area contributed by atoms with Crippen LogP contribution < -0.4 is 10.2 Å². The van der Waals surface area contributed by atoms with Crippen LogP contribution in [0.1, 0.15) is 18.1 Å². The van der Waals surface area contributed by atoms with Crippen molar-refractivity contribution in [1.82, 2.24) is 4.90 Å². The van der Waals surface area contributed by atoms with Gasteiger partial charge in [0.15, 0.2) is 0 Å². The predicted molar refractivity (Wildman–Crippen MR) is 99.6 cm³/mol. The van der Waals surface area contributed by atoms with E-state index in [4.69, 9.17) is 0 Å². The van der Waals surface area contributed by atoms with E-state index < -0.39 is 0 Å². The fourth-order valence-corrected chi connectivity index (χ4v) is 3.07. The Balaban J connectivity index is 1.72. The second-order valence-corrected chi connectivity index (χ2v) is 6.38. The first-order valence-corrected chi connectivity index (χ1v) is 8.47. The number of fused-ring (bicyclic) bond motifs is 1. The first kappa shape index (κ1) is 17.0. The molecule has 0 aliphatic carbocycles. The van der Waals surface area contributed by atoms with Gasteiger partial charge in [-0.15, -0.1) is 0 Å². The molecular formula is C20H23N3O2. The molecule has 3 rings (SSSR count). The second kappa shape index (κ2) is 7.38. The lowest BCUT2D eigenvalue weighted by Crippen LogP contribution is -2.33. The normalized spacial score (nSPS) is 12.6. The van der Waals surface area contributed by atoms with Gasteiger partial charge in [-0.05, 0) is 29.7 Å². The average Bonchev–Trinajstić information content (AvgIpc) is 2.99. The molecule has 2 aromatic carbocycles. The van der Waals surface area contributed by atoms with Gasteiger partial charge in [0.2, 0.25) is 11.8 Å². The summed E-state index contributed by atoms with van der Waals surface area (Å²) >= 11 is 0. The minimum absolute atomic E-state index is 0.0518. The fraction of sp³-hybridized carbons (Fsp3) is 0.300. The maximum absolute atomic E-state index is 12.2. The van der Waals surface area contributed by atoms with Crippen LogP contribution in [0.4, 0.5) is 11.4 Å². The zero-order valence-corrected chi connectivity index (χ0v) is 14.7. The van der Waals surface area contributed by atoms with Gasteiger partial charge < -0.3 is 15.1 Å². The topological polar surface area (TPSA) is 52.7 Å². The molecule has 1 N–H and O–H groups in total. The van der Waals surface area contributed by atoms with E-state index in [-0.39, 0.29) is 18.4 Å². The number of para-hydroxylation sites is 2. The van der Waals surface area contributed by atoms with E-state index >= 15 is 0 Å². The molecule has 0 radical (unpaired) electrons. The van der Waals surface area contributed by atoms with Crippen LogP contribution in [0.25, 0.3) is 0 Å². The zero-order chi connectivity index (χ0) is 17.8. The molecular weight excluding hydrogens is 314 g/mol. The smallest absolute Gasteiger partial charge is 0.243 e. The van der Waals surface area contributed by atoms with Gasteiger partial charge in [-0.2, -0.15) is 0 Å². The number of benzene rings is 2. The molecule has 0 spiro atoms. The summed E-state index contributed by atoms with van der Waals surface area (Å²) < 4.78 is 0. The Kier molecular flexibility index (Phi) is 5.03. The molecule has 2 aromatic rings. The highest BCUT2D eigenvalue weighted by Crippen LogP contribution is 2.30. The molecule has 5 nitrogen and oxygen atoms in total. The SMILES string of the molecule is CC(=O)N(C)CC(=O)Nc1ccccc1CN1CCc2ccccc21. The van der Waals surface area contributed by atoms with E-state index in [0.717, 1.165) is 30.8 Å². The summed E-state index contributed by atoms with van der Waals surface area (Å²) in [6.45, 7) is 3.23. The molecule has 0 saturated carbocycles. The fourth-order valence-electron chi connectivity index (χ4n) is 3.07. The Morgan fingerprint density at radius 1 is 1.12 bits per heavy atom. The second-order valence-electron chi connectivity index (χ2n) is 6.38. The Labute approximate surface area is 148 Å². The van der Waals surface area contributed by atoms with Crippen molar-refractivity contribution in [3.05, 3.63) is 59.7 Å². The van der Waals surface area contributed by atoms with Gasteiger partial charge in [-0.25, -0.2) is 0 Å². The number of rotatable bonds is 5. The van der Waals surface area contributed by atoms with Gasteiger partial charge in [-0.3, -0.25) is 9.59 Å². The van der Waals surface area contributed by atoms with Crippen LogP contribution in [0.3, 0.4) is 0 Å². The van der Waals surface area contributed by atoms with E-state index in [1.54, 1.807) is 7.05 Å². The maximum Gasteiger partial charge on any atom is 0.243 e. The number of nitrogens with zero attached hydrogens (tertiary/aromatic N) is 2. The van der Waals surface area contributed by atoms with Crippen LogP contribution in [0.2, 0.25) is 0 Å². The molecule has 1 aliphatic rings. The largest absolute Gasteiger partial charge is 0.367 e. The van der Waals surface area contributed by atoms with Gasteiger partial charge in [0, 0.05) is 38.4 Å². The van der Waals surface area contributed by atoms with Gasteiger partial charge in [-0.1, -0.05) is 36.4 Å². The van der Waals surface area contributed by atoms with E-state index in [1.165, 1.54) is 23.1 Å². The summed E-state index contributed by atoms with van der Waals surface area (Å²) in [7, 11) is 1.62. The van der Waals surface area contributed by atoms with E-state index in [1.807, 2.05) is 24.3 Å². The van der Waals surface area contributed by atoms with Crippen LogP contribution >= 0.6 is 0 Å². The summed E-state index contributed by atoms with van der Waals surface area (Å²) in [6.07, 6.45) is 1.05. The molecule has 2 amide bonds. The highest BCUT2D eigenvalue weighted by Gasteiger charge is 2.19. The van der Waals surface area contributed by atoms with Crippen molar-refractivity contribution in [2.75, 3.05) is 30.4 Å². The first-order chi connectivity index (χ1) is 12.0. The van der Waals surface area contributed by atoms with Gasteiger partial charge in [0.1, 0.15) is 0 Å². The van der Waals surface area contributed by atoms with Crippen LogP contribution in [-0.4, -0.2) is 36.9 Å². The standard InChI is InChI=1S/C20H23N3O2/c1-15(24)22(2)14-20(25)21-18-9-5-3-8-17(18)13-23-12-11-16-7-4-6-10-19(16)23/h3-10H,11-14H2,1-2H3,(H,21,25). The molecule has 0 saturated heterocycles. The predicted octanol–water partition coefficient (Wildman–Crippen LogP) is 2.67. The van der Waals surface area contributed by atoms with Crippen molar-refractivity contribution in [3.8, 4) is 0 Å². The van der Waals surface area contributed by atoms with Crippen LogP contribution in [0.15, 0.2) is 48.5 Å². The van der Waals surface area contributed by atoms with Crippen molar-refractivity contribution >= 4 is 23.2 Å². The van der Waals surface area contributed by atoms with Crippen molar-refractivity contribution in [1.29, 1.82) is 0 Å². The lowest BCUT2D eigenvalue weighted by atomic mass is 10.1. The number of hydrogen-bond acceptors (Lipinski definition) is 3. The van der Waals surface area contributed by atoms with Gasteiger partial charge >= 0.3 is 0 Å². The average molecular weight is 337 g/mol.